The van der Waals surface area contributed by atoms with E-state index >= 15 is 0 Å². The van der Waals surface area contributed by atoms with Gasteiger partial charge in [-0.15, -0.1) is 0 Å². The molecule has 1 aromatic rings. The fourth-order valence-corrected chi connectivity index (χ4v) is 3.19. The molecule has 0 aliphatic carbocycles. The van der Waals surface area contributed by atoms with Crippen LogP contribution in [0, 0.1) is 17.0 Å². The van der Waals surface area contributed by atoms with Crippen molar-refractivity contribution in [3.05, 3.63) is 39.4 Å². The third-order valence-electron chi connectivity index (χ3n) is 4.35. The molecule has 1 saturated heterocycles. The molecule has 0 spiro atoms. The lowest BCUT2D eigenvalue weighted by atomic mass is 9.96. The Labute approximate surface area is 125 Å². The highest BCUT2D eigenvalue weighted by Crippen LogP contribution is 2.27. The van der Waals surface area contributed by atoms with Crippen molar-refractivity contribution in [1.29, 1.82) is 0 Å². The maximum atomic E-state index is 11.0. The molecule has 0 radical (unpaired) electrons. The smallest absolute Gasteiger partial charge is 0.272 e. The summed E-state index contributed by atoms with van der Waals surface area (Å²) in [5.74, 6) is 0. The SMILES string of the molecule is Cc1c(CN2CCCCC2CC(C)O)cccc1[N+](=O)[O-]. The number of hydrogen-bond acceptors (Lipinski definition) is 4. The van der Waals surface area contributed by atoms with Gasteiger partial charge in [0.15, 0.2) is 0 Å². The maximum Gasteiger partial charge on any atom is 0.272 e. The van der Waals surface area contributed by atoms with Crippen LogP contribution < -0.4 is 0 Å². The summed E-state index contributed by atoms with van der Waals surface area (Å²) in [5.41, 5.74) is 1.96. The van der Waals surface area contributed by atoms with Gasteiger partial charge in [-0.3, -0.25) is 15.0 Å². The van der Waals surface area contributed by atoms with Crippen molar-refractivity contribution in [3.63, 3.8) is 0 Å². The monoisotopic (exact) mass is 292 g/mol. The number of nitrogens with zero attached hydrogens (tertiary/aromatic N) is 2. The molecule has 5 nitrogen and oxygen atoms in total. The molecule has 116 valence electrons. The van der Waals surface area contributed by atoms with Crippen LogP contribution >= 0.6 is 0 Å². The third-order valence-corrected chi connectivity index (χ3v) is 4.35. The lowest BCUT2D eigenvalue weighted by Crippen LogP contribution is -2.40. The summed E-state index contributed by atoms with van der Waals surface area (Å²) in [7, 11) is 0. The number of rotatable bonds is 5. The highest BCUT2D eigenvalue weighted by atomic mass is 16.6. The summed E-state index contributed by atoms with van der Waals surface area (Å²) < 4.78 is 0. The van der Waals surface area contributed by atoms with Crippen LogP contribution in [-0.4, -0.2) is 33.6 Å². The number of hydrogen-bond donors (Lipinski definition) is 1. The maximum absolute atomic E-state index is 11.0. The molecule has 0 amide bonds. The Morgan fingerprint density at radius 2 is 2.24 bits per heavy atom. The van der Waals surface area contributed by atoms with Crippen molar-refractivity contribution in [1.82, 2.24) is 4.90 Å². The van der Waals surface area contributed by atoms with Crippen molar-refractivity contribution in [3.8, 4) is 0 Å². The molecule has 1 heterocycles. The van der Waals surface area contributed by atoms with Crippen molar-refractivity contribution in [2.75, 3.05) is 6.54 Å². The summed E-state index contributed by atoms with van der Waals surface area (Å²) in [6.07, 6.45) is 3.92. The zero-order chi connectivity index (χ0) is 15.4. The molecule has 5 heteroatoms. The first-order valence-electron chi connectivity index (χ1n) is 7.64. The van der Waals surface area contributed by atoms with E-state index < -0.39 is 0 Å². The minimum absolute atomic E-state index is 0.191. The molecule has 2 rings (SSSR count). The van der Waals surface area contributed by atoms with E-state index in [-0.39, 0.29) is 16.7 Å². The van der Waals surface area contributed by atoms with Crippen LogP contribution in [0.4, 0.5) is 5.69 Å². The normalized spacial score (nSPS) is 21.2. The molecule has 21 heavy (non-hydrogen) atoms. The average molecular weight is 292 g/mol. The Balaban J connectivity index is 2.15. The second kappa shape index (κ2) is 7.00. The van der Waals surface area contributed by atoms with Gasteiger partial charge in [0.05, 0.1) is 11.0 Å². The average Bonchev–Trinajstić information content (AvgIpc) is 2.42. The van der Waals surface area contributed by atoms with Crippen molar-refractivity contribution in [2.45, 2.75) is 58.2 Å². The van der Waals surface area contributed by atoms with Gasteiger partial charge in [-0.05, 0) is 45.2 Å². The minimum atomic E-state index is -0.317. The topological polar surface area (TPSA) is 66.6 Å². The highest BCUT2D eigenvalue weighted by molar-refractivity contribution is 5.44. The predicted octanol–water partition coefficient (Wildman–Crippen LogP) is 3.03. The van der Waals surface area contributed by atoms with Crippen LogP contribution in [0.15, 0.2) is 18.2 Å². The molecule has 2 unspecified atom stereocenters. The summed E-state index contributed by atoms with van der Waals surface area (Å²) in [5, 5.41) is 20.7. The van der Waals surface area contributed by atoms with Crippen molar-refractivity contribution in [2.24, 2.45) is 0 Å². The standard InChI is InChI=1S/C16H24N2O3/c1-12(19)10-15-7-3-4-9-17(15)11-14-6-5-8-16(13(14)2)18(20)21/h5-6,8,12,15,19H,3-4,7,9-11H2,1-2H3. The van der Waals surface area contributed by atoms with Crippen LogP contribution in [0.3, 0.4) is 0 Å². The number of aliphatic hydroxyl groups is 1. The van der Waals surface area contributed by atoms with Gasteiger partial charge in [-0.25, -0.2) is 0 Å². The summed E-state index contributed by atoms with van der Waals surface area (Å²) in [6.45, 7) is 5.37. The minimum Gasteiger partial charge on any atom is -0.393 e. The Hall–Kier alpha value is -1.46. The van der Waals surface area contributed by atoms with E-state index in [2.05, 4.69) is 4.90 Å². The Morgan fingerprint density at radius 1 is 1.48 bits per heavy atom. The molecular weight excluding hydrogens is 268 g/mol. The van der Waals surface area contributed by atoms with E-state index in [9.17, 15) is 15.2 Å². The molecule has 0 bridgehead atoms. The van der Waals surface area contributed by atoms with Crippen molar-refractivity contribution < 1.29 is 10.0 Å². The first-order valence-corrected chi connectivity index (χ1v) is 7.64. The predicted molar refractivity (Wildman–Crippen MR) is 82.2 cm³/mol. The number of nitro groups is 1. The highest BCUT2D eigenvalue weighted by Gasteiger charge is 2.25. The zero-order valence-electron chi connectivity index (χ0n) is 12.8. The van der Waals surface area contributed by atoms with Gasteiger partial charge in [-0.1, -0.05) is 18.6 Å². The van der Waals surface area contributed by atoms with E-state index in [1.807, 2.05) is 19.9 Å². The molecule has 2 atom stereocenters. The third kappa shape index (κ3) is 4.02. The van der Waals surface area contributed by atoms with E-state index in [0.29, 0.717) is 6.04 Å². The first kappa shape index (κ1) is 15.9. The van der Waals surface area contributed by atoms with Gasteiger partial charge >= 0.3 is 0 Å². The van der Waals surface area contributed by atoms with Crippen LogP contribution in [0.1, 0.15) is 43.7 Å². The number of nitro benzene ring substituents is 1. The molecular formula is C16H24N2O3. The quantitative estimate of drug-likeness (QED) is 0.669. The first-order chi connectivity index (χ1) is 9.99. The summed E-state index contributed by atoms with van der Waals surface area (Å²) >= 11 is 0. The summed E-state index contributed by atoms with van der Waals surface area (Å²) in [4.78, 5) is 13.1. The number of aliphatic hydroxyl groups excluding tert-OH is 1. The van der Waals surface area contributed by atoms with Crippen molar-refractivity contribution >= 4 is 5.69 Å². The van der Waals surface area contributed by atoms with Crippen LogP contribution in [-0.2, 0) is 6.54 Å². The van der Waals surface area contributed by atoms with Crippen LogP contribution in [0.25, 0.3) is 0 Å². The molecule has 1 aliphatic heterocycles. The lowest BCUT2D eigenvalue weighted by Gasteiger charge is -2.36. The Morgan fingerprint density at radius 3 is 2.90 bits per heavy atom. The molecule has 1 aromatic carbocycles. The Bertz CT molecular complexity index is 502. The number of piperidine rings is 1. The van der Waals surface area contributed by atoms with Gasteiger partial charge in [0.2, 0.25) is 0 Å². The number of benzene rings is 1. The lowest BCUT2D eigenvalue weighted by molar-refractivity contribution is -0.385. The van der Waals surface area contributed by atoms with Gasteiger partial charge in [-0.2, -0.15) is 0 Å². The van der Waals surface area contributed by atoms with Gasteiger partial charge in [0.25, 0.3) is 5.69 Å². The van der Waals surface area contributed by atoms with E-state index in [4.69, 9.17) is 0 Å². The van der Waals surface area contributed by atoms with E-state index in [1.54, 1.807) is 12.1 Å². The fourth-order valence-electron chi connectivity index (χ4n) is 3.19. The molecule has 1 aliphatic rings. The molecule has 1 fully saturated rings. The van der Waals surface area contributed by atoms with Gasteiger partial charge in [0, 0.05) is 24.2 Å². The van der Waals surface area contributed by atoms with Gasteiger partial charge in [0.1, 0.15) is 0 Å². The zero-order valence-corrected chi connectivity index (χ0v) is 12.8. The second-order valence-corrected chi connectivity index (χ2v) is 6.02. The molecule has 1 N–H and O–H groups in total. The fraction of sp³-hybridized carbons (Fsp3) is 0.625. The van der Waals surface area contributed by atoms with E-state index in [0.717, 1.165) is 43.5 Å². The van der Waals surface area contributed by atoms with Crippen LogP contribution in [0.5, 0.6) is 0 Å². The molecule has 0 saturated carbocycles. The summed E-state index contributed by atoms with van der Waals surface area (Å²) in [6, 6.07) is 5.66. The van der Waals surface area contributed by atoms with Crippen LogP contribution in [0.2, 0.25) is 0 Å². The van der Waals surface area contributed by atoms with E-state index in [1.165, 1.54) is 6.42 Å². The second-order valence-electron chi connectivity index (χ2n) is 6.02. The number of likely N-dealkylation sites (tertiary alicyclic amines) is 1. The largest absolute Gasteiger partial charge is 0.393 e. The van der Waals surface area contributed by atoms with Gasteiger partial charge < -0.3 is 5.11 Å². The Kier molecular flexibility index (Phi) is 5.31. The molecule has 0 aromatic heterocycles.